The van der Waals surface area contributed by atoms with Gasteiger partial charge in [-0.15, -0.1) is 0 Å². The van der Waals surface area contributed by atoms with E-state index in [0.29, 0.717) is 0 Å². The van der Waals surface area contributed by atoms with Crippen molar-refractivity contribution in [1.82, 2.24) is 0 Å². The molecule has 5 heteroatoms. The Balaban J connectivity index is 3.60. The summed E-state index contributed by atoms with van der Waals surface area (Å²) in [7, 11) is -3.00. The van der Waals surface area contributed by atoms with Crippen LogP contribution in [0, 0.1) is 0 Å². The molecule has 0 rings (SSSR count). The molecule has 0 aromatic rings. The second-order valence-electron chi connectivity index (χ2n) is 0.964. The third-order valence-electron chi connectivity index (χ3n) is 0.262. The van der Waals surface area contributed by atoms with Crippen LogP contribution in [0.5, 0.6) is 0 Å². The molecular formula is C2H5O4S. The van der Waals surface area contributed by atoms with Crippen molar-refractivity contribution in [3.8, 4) is 0 Å². The minimum absolute atomic E-state index is 0.743. The van der Waals surface area contributed by atoms with Crippen molar-refractivity contribution in [2.24, 2.45) is 0 Å². The van der Waals surface area contributed by atoms with E-state index in [1.54, 1.807) is 0 Å². The lowest BCUT2D eigenvalue weighted by Crippen LogP contribution is -2.02. The van der Waals surface area contributed by atoms with Crippen molar-refractivity contribution >= 4 is 10.1 Å². The van der Waals surface area contributed by atoms with Gasteiger partial charge < -0.3 is 4.74 Å². The zero-order valence-corrected chi connectivity index (χ0v) is 4.56. The van der Waals surface area contributed by atoms with Gasteiger partial charge in [0.05, 0.1) is 0 Å². The highest BCUT2D eigenvalue weighted by atomic mass is 32.2. The number of hydrogen-bond donors (Lipinski definition) is 0. The lowest BCUT2D eigenvalue weighted by molar-refractivity contribution is 0.233. The van der Waals surface area contributed by atoms with E-state index in [2.05, 4.69) is 4.74 Å². The summed E-state index contributed by atoms with van der Waals surface area (Å²) in [6, 6.07) is 0. The van der Waals surface area contributed by atoms with Gasteiger partial charge >= 0.3 is 10.1 Å². The summed E-state index contributed by atoms with van der Waals surface area (Å²) in [4.78, 5) is 0. The van der Waals surface area contributed by atoms with E-state index in [4.69, 9.17) is 0 Å². The van der Waals surface area contributed by atoms with Crippen molar-refractivity contribution in [3.63, 3.8) is 0 Å². The van der Waals surface area contributed by atoms with Crippen molar-refractivity contribution < 1.29 is 17.7 Å². The maximum absolute atomic E-state index is 9.55. The number of ether oxygens (including phenoxy) is 1. The van der Waals surface area contributed by atoms with Crippen LogP contribution >= 0.6 is 0 Å². The second-order valence-corrected chi connectivity index (χ2v) is 2.32. The Morgan fingerprint density at radius 2 is 2.00 bits per heavy atom. The van der Waals surface area contributed by atoms with Gasteiger partial charge in [-0.05, 0) is 0 Å². The average Bonchev–Trinajstić information content (AvgIpc) is 1.30. The van der Waals surface area contributed by atoms with Crippen LogP contribution in [0.4, 0.5) is 0 Å². The van der Waals surface area contributed by atoms with Crippen LogP contribution in [0.25, 0.3) is 0 Å². The van der Waals surface area contributed by atoms with E-state index in [1.807, 2.05) is 0 Å². The molecule has 7 heavy (non-hydrogen) atoms. The maximum Gasteiger partial charge on any atom is 0.318 e. The Kier molecular flexibility index (Phi) is 2.21. The van der Waals surface area contributed by atoms with Gasteiger partial charge in [0.25, 0.3) is 0 Å². The first-order valence-electron chi connectivity index (χ1n) is 1.49. The molecule has 43 valence electrons. The van der Waals surface area contributed by atoms with Crippen LogP contribution in [0.2, 0.25) is 0 Å². The van der Waals surface area contributed by atoms with Gasteiger partial charge in [-0.25, -0.2) is 0 Å². The van der Waals surface area contributed by atoms with Gasteiger partial charge in [-0.1, -0.05) is 4.55 Å². The first kappa shape index (κ1) is 6.87. The van der Waals surface area contributed by atoms with Crippen molar-refractivity contribution in [3.05, 3.63) is 0 Å². The summed E-state index contributed by atoms with van der Waals surface area (Å²) < 4.78 is 32.7. The third-order valence-corrected chi connectivity index (χ3v) is 0.787. The number of methoxy groups -OCH3 is 1. The molecular weight excluding hydrogens is 120 g/mol. The van der Waals surface area contributed by atoms with E-state index in [0.717, 1.165) is 7.11 Å². The Hall–Kier alpha value is -0.130. The fourth-order valence-electron chi connectivity index (χ4n) is 0.144. The second kappa shape index (κ2) is 2.25. The van der Waals surface area contributed by atoms with Gasteiger partial charge in [0.2, 0.25) is 0 Å². The molecule has 0 aromatic carbocycles. The summed E-state index contributed by atoms with van der Waals surface area (Å²) in [6.45, 7) is 0. The fraction of sp³-hybridized carbons (Fsp3) is 1.00. The molecule has 0 N–H and O–H groups in total. The van der Waals surface area contributed by atoms with E-state index >= 15 is 0 Å². The Labute approximate surface area is 41.8 Å². The molecule has 0 aromatic heterocycles. The summed E-state index contributed by atoms with van der Waals surface area (Å²) >= 11 is 0. The van der Waals surface area contributed by atoms with E-state index in [1.165, 1.54) is 0 Å². The molecule has 4 nitrogen and oxygen atoms in total. The van der Waals surface area contributed by atoms with Crippen LogP contribution in [-0.2, 0) is 19.4 Å². The van der Waals surface area contributed by atoms with Crippen LogP contribution in [0.3, 0.4) is 0 Å². The van der Waals surface area contributed by atoms with Crippen molar-refractivity contribution in [1.29, 1.82) is 0 Å². The highest BCUT2D eigenvalue weighted by Crippen LogP contribution is 1.79. The van der Waals surface area contributed by atoms with E-state index in [-0.39, 0.29) is 0 Å². The predicted molar refractivity (Wildman–Crippen MR) is 21.5 cm³/mol. The van der Waals surface area contributed by atoms with Gasteiger partial charge in [0.1, 0.15) is 0 Å². The zero-order chi connectivity index (χ0) is 5.91. The molecule has 0 aliphatic heterocycles. The standard InChI is InChI=1S/C2H5O4S/c1-6-2-7(3,4)5/h2H2,1H3. The van der Waals surface area contributed by atoms with Crippen LogP contribution in [0.1, 0.15) is 0 Å². The highest BCUT2D eigenvalue weighted by Gasteiger charge is 2.02. The Morgan fingerprint density at radius 1 is 1.57 bits per heavy atom. The SMILES string of the molecule is COCS([O])(=O)=O. The van der Waals surface area contributed by atoms with Crippen molar-refractivity contribution in [2.75, 3.05) is 13.0 Å². The fourth-order valence-corrected chi connectivity index (χ4v) is 0.433. The highest BCUT2D eigenvalue weighted by molar-refractivity contribution is 7.85. The molecule has 0 aliphatic carbocycles. The minimum atomic E-state index is -4.15. The number of hydrogen-bond acceptors (Lipinski definition) is 3. The number of rotatable bonds is 2. The molecule has 0 atom stereocenters. The van der Waals surface area contributed by atoms with Gasteiger partial charge in [0.15, 0.2) is 5.94 Å². The first-order chi connectivity index (χ1) is 3.06. The summed E-state index contributed by atoms with van der Waals surface area (Å²) in [6.07, 6.45) is 0. The molecule has 0 heterocycles. The lowest BCUT2D eigenvalue weighted by Gasteiger charge is -1.86. The summed E-state index contributed by atoms with van der Waals surface area (Å²) in [5.74, 6) is -0.743. The first-order valence-corrected chi connectivity index (χ1v) is 3.06. The Morgan fingerprint density at radius 3 is 2.00 bits per heavy atom. The minimum Gasteiger partial charge on any atom is -0.366 e. The molecule has 0 amide bonds. The molecule has 1 radical (unpaired) electrons. The molecule has 0 spiro atoms. The summed E-state index contributed by atoms with van der Waals surface area (Å²) in [5, 5.41) is 0. The van der Waals surface area contributed by atoms with Crippen molar-refractivity contribution in [2.45, 2.75) is 0 Å². The zero-order valence-electron chi connectivity index (χ0n) is 3.75. The quantitative estimate of drug-likeness (QED) is 0.492. The molecule has 0 aliphatic rings. The predicted octanol–water partition coefficient (Wildman–Crippen LogP) is -0.649. The maximum atomic E-state index is 9.55. The molecule has 0 fully saturated rings. The largest absolute Gasteiger partial charge is 0.366 e. The van der Waals surface area contributed by atoms with E-state index in [9.17, 15) is 13.0 Å². The molecule has 0 saturated heterocycles. The third kappa shape index (κ3) is 5.87. The Bertz CT molecular complexity index is 123. The van der Waals surface area contributed by atoms with Gasteiger partial charge in [-0.2, -0.15) is 8.42 Å². The van der Waals surface area contributed by atoms with Crippen LogP contribution in [0.15, 0.2) is 0 Å². The van der Waals surface area contributed by atoms with E-state index < -0.39 is 16.1 Å². The lowest BCUT2D eigenvalue weighted by atomic mass is 11.5. The van der Waals surface area contributed by atoms with Gasteiger partial charge in [0, 0.05) is 7.11 Å². The summed E-state index contributed by atoms with van der Waals surface area (Å²) in [5.41, 5.74) is 0. The normalized spacial score (nSPS) is 11.7. The molecule has 0 unspecified atom stereocenters. The van der Waals surface area contributed by atoms with Crippen LogP contribution < -0.4 is 0 Å². The molecule has 0 saturated carbocycles. The monoisotopic (exact) mass is 125 g/mol. The smallest absolute Gasteiger partial charge is 0.318 e. The van der Waals surface area contributed by atoms with Gasteiger partial charge in [-0.3, -0.25) is 0 Å². The topological polar surface area (TPSA) is 63.3 Å². The van der Waals surface area contributed by atoms with Crippen LogP contribution in [-0.4, -0.2) is 21.5 Å². The average molecular weight is 125 g/mol. The molecule has 0 bridgehead atoms.